The number of aliphatic hydroxyl groups excluding tert-OH is 1. The molecule has 0 amide bonds. The van der Waals surface area contributed by atoms with Gasteiger partial charge in [-0.25, -0.2) is 0 Å². The maximum Gasteiger partial charge on any atom is 0.0722 e. The van der Waals surface area contributed by atoms with Crippen molar-refractivity contribution in [1.82, 2.24) is 10.2 Å². The maximum atomic E-state index is 10.1. The second-order valence-electron chi connectivity index (χ2n) is 5.46. The first kappa shape index (κ1) is 11.4. The smallest absolute Gasteiger partial charge is 0.0722 e. The molecule has 2 rings (SSSR count). The van der Waals surface area contributed by atoms with Crippen molar-refractivity contribution < 1.29 is 5.11 Å². The number of rotatable bonds is 1. The third-order valence-electron chi connectivity index (χ3n) is 4.37. The molecule has 1 unspecified atom stereocenters. The molecule has 0 bridgehead atoms. The van der Waals surface area contributed by atoms with Gasteiger partial charge in [-0.2, -0.15) is 0 Å². The van der Waals surface area contributed by atoms with Crippen LogP contribution in [0.2, 0.25) is 0 Å². The third-order valence-corrected chi connectivity index (χ3v) is 4.37. The van der Waals surface area contributed by atoms with E-state index in [9.17, 15) is 5.11 Å². The largest absolute Gasteiger partial charge is 0.391 e. The molecule has 88 valence electrons. The zero-order chi connectivity index (χ0) is 10.9. The van der Waals surface area contributed by atoms with Crippen LogP contribution in [0.5, 0.6) is 0 Å². The summed E-state index contributed by atoms with van der Waals surface area (Å²) in [7, 11) is 0. The summed E-state index contributed by atoms with van der Waals surface area (Å²) in [5.41, 5.74) is 0.233. The van der Waals surface area contributed by atoms with Gasteiger partial charge >= 0.3 is 0 Å². The van der Waals surface area contributed by atoms with E-state index in [-0.39, 0.29) is 11.5 Å². The molecule has 2 saturated heterocycles. The molecule has 2 fully saturated rings. The standard InChI is InChI=1S/C12H24N2O/c1-10(2)14-7-4-12(5-8-14)3-6-13-9-11(12)15/h10-11,13,15H,3-9H2,1-2H3. The quantitative estimate of drug-likeness (QED) is 0.676. The zero-order valence-corrected chi connectivity index (χ0v) is 10.00. The van der Waals surface area contributed by atoms with E-state index in [0.717, 1.165) is 32.6 Å². The highest BCUT2D eigenvalue weighted by Crippen LogP contribution is 2.40. The van der Waals surface area contributed by atoms with Crippen LogP contribution in [0.15, 0.2) is 0 Å². The van der Waals surface area contributed by atoms with Gasteiger partial charge in [-0.15, -0.1) is 0 Å². The van der Waals surface area contributed by atoms with Gasteiger partial charge in [0, 0.05) is 18.0 Å². The Morgan fingerprint density at radius 3 is 2.47 bits per heavy atom. The number of nitrogens with one attached hydrogen (secondary N) is 1. The summed E-state index contributed by atoms with van der Waals surface area (Å²) in [6.07, 6.45) is 3.38. The van der Waals surface area contributed by atoms with E-state index in [4.69, 9.17) is 0 Å². The highest BCUT2D eigenvalue weighted by molar-refractivity contribution is 4.95. The highest BCUT2D eigenvalue weighted by atomic mass is 16.3. The number of nitrogens with zero attached hydrogens (tertiary/aromatic N) is 1. The molecule has 3 heteroatoms. The van der Waals surface area contributed by atoms with Crippen molar-refractivity contribution in [1.29, 1.82) is 0 Å². The fourth-order valence-corrected chi connectivity index (χ4v) is 3.03. The number of hydrogen-bond acceptors (Lipinski definition) is 3. The summed E-state index contributed by atoms with van der Waals surface area (Å²) in [5.74, 6) is 0. The fourth-order valence-electron chi connectivity index (χ4n) is 3.03. The Morgan fingerprint density at radius 2 is 1.93 bits per heavy atom. The van der Waals surface area contributed by atoms with Gasteiger partial charge in [-0.3, -0.25) is 0 Å². The van der Waals surface area contributed by atoms with Crippen molar-refractivity contribution in [3.8, 4) is 0 Å². The molecule has 2 aliphatic heterocycles. The zero-order valence-electron chi connectivity index (χ0n) is 10.00. The lowest BCUT2D eigenvalue weighted by Crippen LogP contribution is -2.54. The van der Waals surface area contributed by atoms with Gasteiger partial charge in [0.1, 0.15) is 0 Å². The summed E-state index contributed by atoms with van der Waals surface area (Å²) in [6, 6.07) is 0.654. The molecule has 1 atom stereocenters. The van der Waals surface area contributed by atoms with Crippen LogP contribution in [-0.4, -0.2) is 48.3 Å². The number of β-amino-alcohol motifs (C(OH)–C–C–N with tert-alkyl or cyclic N) is 1. The first-order valence-electron chi connectivity index (χ1n) is 6.27. The number of likely N-dealkylation sites (tertiary alicyclic amines) is 1. The minimum absolute atomic E-state index is 0.124. The van der Waals surface area contributed by atoms with E-state index in [1.165, 1.54) is 12.8 Å². The second kappa shape index (κ2) is 4.40. The van der Waals surface area contributed by atoms with E-state index in [0.29, 0.717) is 6.04 Å². The lowest BCUT2D eigenvalue weighted by molar-refractivity contribution is -0.0482. The van der Waals surface area contributed by atoms with Crippen LogP contribution in [0.1, 0.15) is 33.1 Å². The number of aliphatic hydroxyl groups is 1. The fraction of sp³-hybridized carbons (Fsp3) is 1.00. The van der Waals surface area contributed by atoms with Gasteiger partial charge in [-0.1, -0.05) is 0 Å². The topological polar surface area (TPSA) is 35.5 Å². The third kappa shape index (κ3) is 2.19. The van der Waals surface area contributed by atoms with Crippen molar-refractivity contribution in [3.63, 3.8) is 0 Å². The molecule has 15 heavy (non-hydrogen) atoms. The molecular weight excluding hydrogens is 188 g/mol. The van der Waals surface area contributed by atoms with Gasteiger partial charge in [-0.05, 0) is 52.7 Å². The normalized spacial score (nSPS) is 32.4. The van der Waals surface area contributed by atoms with Gasteiger partial charge in [0.2, 0.25) is 0 Å². The molecule has 2 heterocycles. The lowest BCUT2D eigenvalue weighted by Gasteiger charge is -2.48. The monoisotopic (exact) mass is 212 g/mol. The van der Waals surface area contributed by atoms with Crippen LogP contribution in [0.25, 0.3) is 0 Å². The van der Waals surface area contributed by atoms with Crippen LogP contribution in [0.4, 0.5) is 0 Å². The molecule has 0 aromatic heterocycles. The SMILES string of the molecule is CC(C)N1CCC2(CCNCC2O)CC1. The van der Waals surface area contributed by atoms with E-state index >= 15 is 0 Å². The lowest BCUT2D eigenvalue weighted by atomic mass is 9.69. The Bertz CT molecular complexity index is 210. The second-order valence-corrected chi connectivity index (χ2v) is 5.46. The Kier molecular flexibility index (Phi) is 3.33. The summed E-state index contributed by atoms with van der Waals surface area (Å²) in [4.78, 5) is 2.53. The number of hydrogen-bond donors (Lipinski definition) is 2. The molecule has 2 aliphatic rings. The van der Waals surface area contributed by atoms with E-state index in [2.05, 4.69) is 24.1 Å². The van der Waals surface area contributed by atoms with Crippen LogP contribution in [0.3, 0.4) is 0 Å². The van der Waals surface area contributed by atoms with Crippen molar-refractivity contribution >= 4 is 0 Å². The van der Waals surface area contributed by atoms with Crippen LogP contribution in [0, 0.1) is 5.41 Å². The van der Waals surface area contributed by atoms with E-state index in [1.54, 1.807) is 0 Å². The summed E-state index contributed by atoms with van der Waals surface area (Å²) < 4.78 is 0. The highest BCUT2D eigenvalue weighted by Gasteiger charge is 2.42. The van der Waals surface area contributed by atoms with Gasteiger partial charge < -0.3 is 15.3 Å². The van der Waals surface area contributed by atoms with Crippen LogP contribution < -0.4 is 5.32 Å². The van der Waals surface area contributed by atoms with E-state index < -0.39 is 0 Å². The van der Waals surface area contributed by atoms with Crippen molar-refractivity contribution in [2.24, 2.45) is 5.41 Å². The minimum Gasteiger partial charge on any atom is -0.391 e. The molecule has 0 saturated carbocycles. The summed E-state index contributed by atoms with van der Waals surface area (Å²) >= 11 is 0. The van der Waals surface area contributed by atoms with E-state index in [1.807, 2.05) is 0 Å². The average Bonchev–Trinajstić information content (AvgIpc) is 2.23. The molecule has 0 radical (unpaired) electrons. The Labute approximate surface area is 92.8 Å². The maximum absolute atomic E-state index is 10.1. The molecule has 1 spiro atoms. The van der Waals surface area contributed by atoms with Crippen molar-refractivity contribution in [2.45, 2.75) is 45.3 Å². The predicted molar refractivity (Wildman–Crippen MR) is 61.9 cm³/mol. The summed E-state index contributed by atoms with van der Waals surface area (Å²) in [5, 5.41) is 13.4. The van der Waals surface area contributed by atoms with Crippen LogP contribution >= 0.6 is 0 Å². The molecule has 2 N–H and O–H groups in total. The molecule has 0 aromatic carbocycles. The molecule has 3 nitrogen and oxygen atoms in total. The van der Waals surface area contributed by atoms with Gasteiger partial charge in [0.25, 0.3) is 0 Å². The average molecular weight is 212 g/mol. The van der Waals surface area contributed by atoms with Crippen LogP contribution in [-0.2, 0) is 0 Å². The number of piperidine rings is 2. The first-order chi connectivity index (χ1) is 7.14. The summed E-state index contributed by atoms with van der Waals surface area (Å²) in [6.45, 7) is 8.72. The molecule has 0 aromatic rings. The Morgan fingerprint density at radius 1 is 1.27 bits per heavy atom. The molecular formula is C12H24N2O. The molecule has 0 aliphatic carbocycles. The minimum atomic E-state index is -0.124. The Balaban J connectivity index is 1.95. The van der Waals surface area contributed by atoms with Crippen molar-refractivity contribution in [3.05, 3.63) is 0 Å². The Hall–Kier alpha value is -0.120. The van der Waals surface area contributed by atoms with Crippen molar-refractivity contribution in [2.75, 3.05) is 26.2 Å². The van der Waals surface area contributed by atoms with Gasteiger partial charge in [0.15, 0.2) is 0 Å². The predicted octanol–water partition coefficient (Wildman–Crippen LogP) is 0.831. The van der Waals surface area contributed by atoms with Gasteiger partial charge in [0.05, 0.1) is 6.10 Å². The first-order valence-corrected chi connectivity index (χ1v) is 6.27.